The van der Waals surface area contributed by atoms with Crippen LogP contribution in [0.5, 0.6) is 5.75 Å². The van der Waals surface area contributed by atoms with Crippen molar-refractivity contribution in [3.63, 3.8) is 0 Å². The first-order valence-corrected chi connectivity index (χ1v) is 7.53. The third-order valence-corrected chi connectivity index (χ3v) is 4.52. The number of hydrogen-bond acceptors (Lipinski definition) is 3. The zero-order chi connectivity index (χ0) is 17.6. The molecule has 1 aliphatic heterocycles. The van der Waals surface area contributed by atoms with Gasteiger partial charge in [-0.1, -0.05) is 6.07 Å². The second-order valence-electron chi connectivity index (χ2n) is 6.91. The van der Waals surface area contributed by atoms with Gasteiger partial charge in [0.1, 0.15) is 5.75 Å². The smallest absolute Gasteiger partial charge is 0.481 e. The van der Waals surface area contributed by atoms with E-state index >= 15 is 0 Å². The lowest BCUT2D eigenvalue weighted by atomic mass is 9.76. The summed E-state index contributed by atoms with van der Waals surface area (Å²) in [4.78, 5) is 0. The maximum atomic E-state index is 12.6. The summed E-state index contributed by atoms with van der Waals surface area (Å²) in [5.74, 6) is 0.174. The molecule has 1 aromatic carbocycles. The van der Waals surface area contributed by atoms with Gasteiger partial charge in [-0.3, -0.25) is 0 Å². The fourth-order valence-corrected chi connectivity index (χ4v) is 2.23. The highest BCUT2D eigenvalue weighted by molar-refractivity contribution is 6.62. The summed E-state index contributed by atoms with van der Waals surface area (Å²) in [6.07, 6.45) is -6.25. The Morgan fingerprint density at radius 3 is 2.04 bits per heavy atom. The van der Waals surface area contributed by atoms with Crippen molar-refractivity contribution in [2.75, 3.05) is 0 Å². The Bertz CT molecular complexity index is 568. The van der Waals surface area contributed by atoms with Gasteiger partial charge >= 0.3 is 13.3 Å². The van der Waals surface area contributed by atoms with Crippen LogP contribution in [0.25, 0.3) is 0 Å². The number of ether oxygens (including phenoxy) is 1. The standard InChI is InChI=1S/C16H22BF3O3/c1-10-9-12(21-11(2)16(18,19)20)7-8-13(10)17-22-14(3,4)15(5,6)23-17/h7-9,11H,1-6H3. The Morgan fingerprint density at radius 2 is 1.61 bits per heavy atom. The summed E-state index contributed by atoms with van der Waals surface area (Å²) in [5, 5.41) is 0. The molecule has 0 spiro atoms. The van der Waals surface area contributed by atoms with E-state index < -0.39 is 30.6 Å². The number of benzene rings is 1. The first-order chi connectivity index (χ1) is 10.3. The summed E-state index contributed by atoms with van der Waals surface area (Å²) in [6.45, 7) is 10.6. The first-order valence-electron chi connectivity index (χ1n) is 7.53. The molecular formula is C16H22BF3O3. The van der Waals surface area contributed by atoms with E-state index in [1.807, 2.05) is 27.7 Å². The quantitative estimate of drug-likeness (QED) is 0.792. The molecule has 1 saturated heterocycles. The first kappa shape index (κ1) is 18.1. The monoisotopic (exact) mass is 330 g/mol. The van der Waals surface area contributed by atoms with E-state index in [2.05, 4.69) is 0 Å². The van der Waals surface area contributed by atoms with E-state index in [4.69, 9.17) is 14.0 Å². The largest absolute Gasteiger partial charge is 0.495 e. The molecule has 0 radical (unpaired) electrons. The predicted molar refractivity (Wildman–Crippen MR) is 83.0 cm³/mol. The van der Waals surface area contributed by atoms with E-state index in [0.717, 1.165) is 17.9 Å². The molecule has 0 bridgehead atoms. The molecule has 0 saturated carbocycles. The van der Waals surface area contributed by atoms with Crippen molar-refractivity contribution in [3.05, 3.63) is 23.8 Å². The van der Waals surface area contributed by atoms with Crippen LogP contribution in [0.2, 0.25) is 0 Å². The molecule has 3 nitrogen and oxygen atoms in total. The lowest BCUT2D eigenvalue weighted by Gasteiger charge is -2.32. The molecule has 2 rings (SSSR count). The molecule has 0 aromatic heterocycles. The fraction of sp³-hybridized carbons (Fsp3) is 0.625. The molecule has 0 N–H and O–H groups in total. The van der Waals surface area contributed by atoms with Crippen LogP contribution in [-0.2, 0) is 9.31 Å². The van der Waals surface area contributed by atoms with Crippen LogP contribution in [0.1, 0.15) is 40.2 Å². The molecule has 1 fully saturated rings. The molecule has 1 atom stereocenters. The van der Waals surface area contributed by atoms with Gasteiger partial charge in [-0.15, -0.1) is 0 Å². The minimum Gasteiger partial charge on any atom is -0.481 e. The Balaban J connectivity index is 2.18. The Labute approximate surface area is 135 Å². The van der Waals surface area contributed by atoms with Gasteiger partial charge in [0.15, 0.2) is 6.10 Å². The normalized spacial score (nSPS) is 21.3. The van der Waals surface area contributed by atoms with Gasteiger partial charge in [0.05, 0.1) is 11.2 Å². The number of aryl methyl sites for hydroxylation is 1. The Kier molecular flexibility index (Phi) is 4.50. The maximum absolute atomic E-state index is 12.6. The van der Waals surface area contributed by atoms with Crippen LogP contribution in [0.3, 0.4) is 0 Å². The molecule has 1 unspecified atom stereocenters. The number of rotatable bonds is 3. The summed E-state index contributed by atoms with van der Waals surface area (Å²) >= 11 is 0. The van der Waals surface area contributed by atoms with Crippen LogP contribution in [0, 0.1) is 6.92 Å². The summed E-state index contributed by atoms with van der Waals surface area (Å²) in [6, 6.07) is 4.77. The molecule has 0 amide bonds. The molecule has 1 aromatic rings. The summed E-state index contributed by atoms with van der Waals surface area (Å²) in [7, 11) is -0.547. The zero-order valence-electron chi connectivity index (χ0n) is 14.2. The van der Waals surface area contributed by atoms with Crippen LogP contribution in [0.15, 0.2) is 18.2 Å². The van der Waals surface area contributed by atoms with Gasteiger partial charge in [0.2, 0.25) is 0 Å². The zero-order valence-corrected chi connectivity index (χ0v) is 14.2. The van der Waals surface area contributed by atoms with Crippen molar-refractivity contribution >= 4 is 12.6 Å². The third kappa shape index (κ3) is 3.66. The molecule has 23 heavy (non-hydrogen) atoms. The predicted octanol–water partition coefficient (Wildman–Crippen LogP) is 3.62. The minimum absolute atomic E-state index is 0.174. The Hall–Kier alpha value is -1.21. The second kappa shape index (κ2) is 5.70. The molecule has 7 heteroatoms. The van der Waals surface area contributed by atoms with Gasteiger partial charge in [0, 0.05) is 0 Å². The summed E-state index contributed by atoms with van der Waals surface area (Å²) in [5.41, 5.74) is 0.611. The maximum Gasteiger partial charge on any atom is 0.495 e. The van der Waals surface area contributed by atoms with E-state index in [1.165, 1.54) is 6.07 Å². The highest BCUT2D eigenvalue weighted by Gasteiger charge is 2.52. The molecule has 0 aliphatic carbocycles. The van der Waals surface area contributed by atoms with E-state index in [-0.39, 0.29) is 5.75 Å². The molecule has 128 valence electrons. The van der Waals surface area contributed by atoms with Crippen molar-refractivity contribution in [2.24, 2.45) is 0 Å². The molecular weight excluding hydrogens is 308 g/mol. The molecule has 1 heterocycles. The van der Waals surface area contributed by atoms with Crippen molar-refractivity contribution in [3.8, 4) is 5.75 Å². The van der Waals surface area contributed by atoms with Crippen LogP contribution in [0.4, 0.5) is 13.2 Å². The highest BCUT2D eigenvalue weighted by atomic mass is 19.4. The van der Waals surface area contributed by atoms with Gasteiger partial charge in [-0.2, -0.15) is 13.2 Å². The Morgan fingerprint density at radius 1 is 1.09 bits per heavy atom. The van der Waals surface area contributed by atoms with Crippen molar-refractivity contribution < 1.29 is 27.2 Å². The van der Waals surface area contributed by atoms with Crippen LogP contribution >= 0.6 is 0 Å². The van der Waals surface area contributed by atoms with Gasteiger partial charge < -0.3 is 14.0 Å². The van der Waals surface area contributed by atoms with E-state index in [9.17, 15) is 13.2 Å². The van der Waals surface area contributed by atoms with Crippen molar-refractivity contribution in [1.82, 2.24) is 0 Å². The summed E-state index contributed by atoms with van der Waals surface area (Å²) < 4.78 is 54.6. The van der Waals surface area contributed by atoms with E-state index in [0.29, 0.717) is 0 Å². The minimum atomic E-state index is -4.39. The number of alkyl halides is 3. The van der Waals surface area contributed by atoms with Crippen molar-refractivity contribution in [2.45, 2.75) is 65.0 Å². The number of hydrogen-bond donors (Lipinski definition) is 0. The highest BCUT2D eigenvalue weighted by Crippen LogP contribution is 2.37. The fourth-order valence-electron chi connectivity index (χ4n) is 2.23. The average molecular weight is 330 g/mol. The topological polar surface area (TPSA) is 27.7 Å². The van der Waals surface area contributed by atoms with Gasteiger partial charge in [-0.25, -0.2) is 0 Å². The molecule has 1 aliphatic rings. The second-order valence-corrected chi connectivity index (χ2v) is 6.91. The number of halogens is 3. The lowest BCUT2D eigenvalue weighted by molar-refractivity contribution is -0.189. The lowest BCUT2D eigenvalue weighted by Crippen LogP contribution is -2.41. The van der Waals surface area contributed by atoms with Crippen LogP contribution in [-0.4, -0.2) is 30.6 Å². The van der Waals surface area contributed by atoms with E-state index in [1.54, 1.807) is 19.1 Å². The SMILES string of the molecule is Cc1cc(OC(C)C(F)(F)F)ccc1B1OC(C)(C)C(C)(C)O1. The van der Waals surface area contributed by atoms with Gasteiger partial charge in [-0.05, 0) is 64.7 Å². The van der Waals surface area contributed by atoms with Crippen LogP contribution < -0.4 is 10.2 Å². The van der Waals surface area contributed by atoms with Crippen molar-refractivity contribution in [1.29, 1.82) is 0 Å². The average Bonchev–Trinajstić information content (AvgIpc) is 2.57. The van der Waals surface area contributed by atoms with Gasteiger partial charge in [0.25, 0.3) is 0 Å². The third-order valence-electron chi connectivity index (χ3n) is 4.52.